The van der Waals surface area contributed by atoms with E-state index in [1.165, 1.54) is 18.2 Å². The predicted octanol–water partition coefficient (Wildman–Crippen LogP) is 1.29. The van der Waals surface area contributed by atoms with Crippen molar-refractivity contribution in [3.05, 3.63) is 41.2 Å². The first kappa shape index (κ1) is 14.6. The number of aromatic nitrogens is 2. The molecule has 0 aliphatic carbocycles. The molecule has 0 bridgehead atoms. The van der Waals surface area contributed by atoms with Gasteiger partial charge in [0.25, 0.3) is 5.91 Å². The van der Waals surface area contributed by atoms with Gasteiger partial charge in [-0.05, 0) is 32.0 Å². The number of phenols is 2. The van der Waals surface area contributed by atoms with E-state index in [-0.39, 0.29) is 17.1 Å². The zero-order valence-electron chi connectivity index (χ0n) is 12.0. The lowest BCUT2D eigenvalue weighted by Crippen LogP contribution is -2.19. The third-order valence-electron chi connectivity index (χ3n) is 3.17. The molecule has 0 spiro atoms. The van der Waals surface area contributed by atoms with Crippen LogP contribution in [0.5, 0.6) is 11.5 Å². The highest BCUT2D eigenvalue weighted by atomic mass is 16.3. The minimum Gasteiger partial charge on any atom is -0.508 e. The summed E-state index contributed by atoms with van der Waals surface area (Å²) in [5.74, 6) is -0.943. The summed E-state index contributed by atoms with van der Waals surface area (Å²) in [6.07, 6.45) is 1.66. The summed E-state index contributed by atoms with van der Waals surface area (Å²) in [6.45, 7) is 3.64. The zero-order valence-corrected chi connectivity index (χ0v) is 12.0. The number of hydrogen-bond donors (Lipinski definition) is 3. The van der Waals surface area contributed by atoms with Crippen LogP contribution in [0.1, 0.15) is 28.5 Å². The van der Waals surface area contributed by atoms with Crippen LogP contribution in [0.3, 0.4) is 0 Å². The van der Waals surface area contributed by atoms with Crippen LogP contribution < -0.4 is 5.43 Å². The average molecular weight is 288 g/mol. The number of carbonyl (C=O) groups excluding carboxylic acids is 1. The minimum atomic E-state index is -0.607. The van der Waals surface area contributed by atoms with Crippen LogP contribution in [-0.2, 0) is 7.05 Å². The van der Waals surface area contributed by atoms with Crippen LogP contribution in [0, 0.1) is 6.92 Å². The van der Waals surface area contributed by atoms with Crippen LogP contribution in [0.2, 0.25) is 0 Å². The number of aromatic hydroxyl groups is 2. The molecule has 0 radical (unpaired) electrons. The second kappa shape index (κ2) is 5.66. The fraction of sp³-hybridized carbons (Fsp3) is 0.214. The number of phenolic OH excluding ortho intramolecular Hbond substituents is 2. The van der Waals surface area contributed by atoms with E-state index < -0.39 is 5.91 Å². The number of hydrazone groups is 1. The Hall–Kier alpha value is -2.83. The number of nitrogens with one attached hydrogen (secondary N) is 1. The third-order valence-corrected chi connectivity index (χ3v) is 3.17. The quantitative estimate of drug-likeness (QED) is 0.450. The lowest BCUT2D eigenvalue weighted by molar-refractivity contribution is 0.0951. The van der Waals surface area contributed by atoms with E-state index in [0.717, 1.165) is 11.3 Å². The van der Waals surface area contributed by atoms with Gasteiger partial charge in [-0.25, -0.2) is 5.43 Å². The van der Waals surface area contributed by atoms with E-state index in [4.69, 9.17) is 0 Å². The van der Waals surface area contributed by atoms with Crippen molar-refractivity contribution in [1.82, 2.24) is 15.2 Å². The molecule has 0 aliphatic heterocycles. The van der Waals surface area contributed by atoms with Gasteiger partial charge in [0.1, 0.15) is 11.5 Å². The van der Waals surface area contributed by atoms with E-state index in [1.54, 1.807) is 17.8 Å². The molecule has 1 aromatic heterocycles. The molecule has 0 atom stereocenters. The second-order valence-electron chi connectivity index (χ2n) is 4.61. The molecule has 3 N–H and O–H groups in total. The van der Waals surface area contributed by atoms with Crippen molar-refractivity contribution in [2.45, 2.75) is 13.8 Å². The standard InChI is InChI=1S/C14H16N4O3/c1-8(12-7-15-18(3)9(12)2)16-17-14(21)11-6-10(19)4-5-13(11)20/h4-7,19-20H,1-3H3,(H,17,21)/b16-8-. The van der Waals surface area contributed by atoms with E-state index in [1.807, 2.05) is 14.0 Å². The first-order chi connectivity index (χ1) is 9.90. The van der Waals surface area contributed by atoms with Crippen LogP contribution in [0.15, 0.2) is 29.5 Å². The molecule has 2 rings (SSSR count). The maximum atomic E-state index is 11.9. The molecular formula is C14H16N4O3. The van der Waals surface area contributed by atoms with Crippen molar-refractivity contribution in [2.75, 3.05) is 0 Å². The molecule has 21 heavy (non-hydrogen) atoms. The van der Waals surface area contributed by atoms with E-state index in [0.29, 0.717) is 5.71 Å². The Morgan fingerprint density at radius 2 is 2.05 bits per heavy atom. The van der Waals surface area contributed by atoms with Crippen LogP contribution in [0.25, 0.3) is 0 Å². The van der Waals surface area contributed by atoms with Gasteiger partial charge in [-0.1, -0.05) is 0 Å². The monoisotopic (exact) mass is 288 g/mol. The molecule has 0 unspecified atom stereocenters. The van der Waals surface area contributed by atoms with Crippen LogP contribution >= 0.6 is 0 Å². The Kier molecular flexibility index (Phi) is 3.93. The van der Waals surface area contributed by atoms with Crippen molar-refractivity contribution >= 4 is 11.6 Å². The highest BCUT2D eigenvalue weighted by Gasteiger charge is 2.12. The molecule has 0 saturated carbocycles. The van der Waals surface area contributed by atoms with E-state index in [9.17, 15) is 15.0 Å². The van der Waals surface area contributed by atoms with Gasteiger partial charge in [-0.3, -0.25) is 9.48 Å². The maximum absolute atomic E-state index is 11.9. The first-order valence-corrected chi connectivity index (χ1v) is 6.25. The topological polar surface area (TPSA) is 99.7 Å². The van der Waals surface area contributed by atoms with Gasteiger partial charge in [0.15, 0.2) is 0 Å². The second-order valence-corrected chi connectivity index (χ2v) is 4.61. The third kappa shape index (κ3) is 3.02. The molecule has 7 nitrogen and oxygen atoms in total. The summed E-state index contributed by atoms with van der Waals surface area (Å²) < 4.78 is 1.71. The van der Waals surface area contributed by atoms with Crippen molar-refractivity contribution < 1.29 is 15.0 Å². The summed E-state index contributed by atoms with van der Waals surface area (Å²) in [5.41, 5.74) is 4.63. The van der Waals surface area contributed by atoms with Gasteiger partial charge < -0.3 is 10.2 Å². The number of benzene rings is 1. The minimum absolute atomic E-state index is 0.0468. The molecule has 1 heterocycles. The number of rotatable bonds is 3. The van der Waals surface area contributed by atoms with Gasteiger partial charge in [0.05, 0.1) is 17.5 Å². The van der Waals surface area contributed by atoms with Gasteiger partial charge in [-0.15, -0.1) is 0 Å². The van der Waals surface area contributed by atoms with Crippen molar-refractivity contribution in [3.63, 3.8) is 0 Å². The smallest absolute Gasteiger partial charge is 0.275 e. The number of aryl methyl sites for hydroxylation is 1. The summed E-state index contributed by atoms with van der Waals surface area (Å²) in [7, 11) is 1.81. The van der Waals surface area contributed by atoms with Gasteiger partial charge in [-0.2, -0.15) is 10.2 Å². The van der Waals surface area contributed by atoms with E-state index >= 15 is 0 Å². The molecular weight excluding hydrogens is 272 g/mol. The summed E-state index contributed by atoms with van der Waals surface area (Å²) in [4.78, 5) is 11.9. The zero-order chi connectivity index (χ0) is 15.6. The van der Waals surface area contributed by atoms with Crippen molar-refractivity contribution in [3.8, 4) is 11.5 Å². The Balaban J connectivity index is 2.18. The Labute approximate surface area is 121 Å². The summed E-state index contributed by atoms with van der Waals surface area (Å²) in [6, 6.07) is 3.70. The molecule has 2 aromatic rings. The molecule has 0 saturated heterocycles. The van der Waals surface area contributed by atoms with Crippen LogP contribution in [-0.4, -0.2) is 31.6 Å². The number of hydrogen-bond acceptors (Lipinski definition) is 5. The van der Waals surface area contributed by atoms with Gasteiger partial charge in [0.2, 0.25) is 0 Å². The molecule has 110 valence electrons. The van der Waals surface area contributed by atoms with E-state index in [2.05, 4.69) is 15.6 Å². The van der Waals surface area contributed by atoms with Crippen molar-refractivity contribution in [2.24, 2.45) is 12.1 Å². The lowest BCUT2D eigenvalue weighted by Gasteiger charge is -2.05. The van der Waals surface area contributed by atoms with Gasteiger partial charge >= 0.3 is 0 Å². The molecule has 1 amide bonds. The summed E-state index contributed by atoms with van der Waals surface area (Å²) >= 11 is 0. The number of carbonyl (C=O) groups is 1. The molecule has 0 fully saturated rings. The maximum Gasteiger partial charge on any atom is 0.275 e. The fourth-order valence-electron chi connectivity index (χ4n) is 1.81. The largest absolute Gasteiger partial charge is 0.508 e. The Morgan fingerprint density at radius 3 is 2.67 bits per heavy atom. The van der Waals surface area contributed by atoms with Crippen molar-refractivity contribution in [1.29, 1.82) is 0 Å². The molecule has 7 heteroatoms. The summed E-state index contributed by atoms with van der Waals surface area (Å²) in [5, 5.41) is 27.0. The van der Waals surface area contributed by atoms with Crippen LogP contribution in [0.4, 0.5) is 0 Å². The fourth-order valence-corrected chi connectivity index (χ4v) is 1.81. The van der Waals surface area contributed by atoms with Gasteiger partial charge in [0, 0.05) is 18.3 Å². The Morgan fingerprint density at radius 1 is 1.33 bits per heavy atom. The highest BCUT2D eigenvalue weighted by Crippen LogP contribution is 2.21. The predicted molar refractivity (Wildman–Crippen MR) is 77.4 cm³/mol. The normalized spacial score (nSPS) is 11.5. The number of amides is 1. The SMILES string of the molecule is C/C(=N/NC(=O)c1cc(O)ccc1O)c1cnn(C)c1C. The first-order valence-electron chi connectivity index (χ1n) is 6.25. The number of nitrogens with zero attached hydrogens (tertiary/aromatic N) is 3. The molecule has 1 aromatic carbocycles. The Bertz CT molecular complexity index is 719. The average Bonchev–Trinajstić information content (AvgIpc) is 2.78. The molecule has 0 aliphatic rings. The highest BCUT2D eigenvalue weighted by molar-refractivity contribution is 6.02. The lowest BCUT2D eigenvalue weighted by atomic mass is 10.2.